The predicted molar refractivity (Wildman–Crippen MR) is 73.0 cm³/mol. The molecule has 3 aliphatic rings. The molecule has 0 aromatic rings. The van der Waals surface area contributed by atoms with E-state index in [1.807, 2.05) is 0 Å². The lowest BCUT2D eigenvalue weighted by Gasteiger charge is -2.45. The van der Waals surface area contributed by atoms with Gasteiger partial charge in [0.2, 0.25) is 0 Å². The van der Waals surface area contributed by atoms with Crippen LogP contribution in [0.15, 0.2) is 0 Å². The van der Waals surface area contributed by atoms with E-state index in [0.29, 0.717) is 5.54 Å². The van der Waals surface area contributed by atoms with Crippen molar-refractivity contribution in [2.75, 3.05) is 6.54 Å². The highest BCUT2D eigenvalue weighted by Crippen LogP contribution is 2.51. The van der Waals surface area contributed by atoms with Crippen LogP contribution < -0.4 is 5.32 Å². The van der Waals surface area contributed by atoms with Gasteiger partial charge in [0.1, 0.15) is 0 Å². The first kappa shape index (κ1) is 12.0. The molecule has 2 aliphatic carbocycles. The number of nitrogens with one attached hydrogen (secondary N) is 1. The van der Waals surface area contributed by atoms with Gasteiger partial charge in [-0.1, -0.05) is 32.6 Å². The summed E-state index contributed by atoms with van der Waals surface area (Å²) in [6.45, 7) is 3.74. The second-order valence-corrected chi connectivity index (χ2v) is 7.01. The summed E-state index contributed by atoms with van der Waals surface area (Å²) in [4.78, 5) is 0. The Hall–Kier alpha value is -0.0400. The van der Waals surface area contributed by atoms with Crippen molar-refractivity contribution in [3.63, 3.8) is 0 Å². The largest absolute Gasteiger partial charge is 0.311 e. The molecular weight excluding hydrogens is 206 g/mol. The lowest BCUT2D eigenvalue weighted by atomic mass is 9.68. The van der Waals surface area contributed by atoms with Gasteiger partial charge in [-0.2, -0.15) is 0 Å². The van der Waals surface area contributed by atoms with E-state index in [1.54, 1.807) is 0 Å². The number of hydrogen-bond acceptors (Lipinski definition) is 1. The van der Waals surface area contributed by atoms with Crippen LogP contribution in [0.5, 0.6) is 0 Å². The topological polar surface area (TPSA) is 12.0 Å². The summed E-state index contributed by atoms with van der Waals surface area (Å²) in [5.74, 6) is 3.04. The highest BCUT2D eigenvalue weighted by atomic mass is 15.0. The minimum absolute atomic E-state index is 0.580. The zero-order valence-electron chi connectivity index (χ0n) is 11.5. The molecule has 98 valence electrons. The smallest absolute Gasteiger partial charge is 0.0237 e. The quantitative estimate of drug-likeness (QED) is 0.759. The molecule has 1 saturated heterocycles. The summed E-state index contributed by atoms with van der Waals surface area (Å²) >= 11 is 0. The molecule has 3 rings (SSSR count). The summed E-state index contributed by atoms with van der Waals surface area (Å²) in [7, 11) is 0. The van der Waals surface area contributed by atoms with E-state index in [2.05, 4.69) is 12.2 Å². The van der Waals surface area contributed by atoms with E-state index in [4.69, 9.17) is 0 Å². The third kappa shape index (κ3) is 2.41. The van der Waals surface area contributed by atoms with E-state index in [9.17, 15) is 0 Å². The molecule has 0 bridgehead atoms. The van der Waals surface area contributed by atoms with Gasteiger partial charge in [0, 0.05) is 5.54 Å². The summed E-state index contributed by atoms with van der Waals surface area (Å²) in [6.07, 6.45) is 14.9. The first-order valence-corrected chi connectivity index (χ1v) is 8.06. The summed E-state index contributed by atoms with van der Waals surface area (Å²) in [5.41, 5.74) is 0.580. The average molecular weight is 235 g/mol. The van der Waals surface area contributed by atoms with Crippen LogP contribution in [0.3, 0.4) is 0 Å². The highest BCUT2D eigenvalue weighted by Gasteiger charge is 2.49. The molecule has 1 unspecified atom stereocenters. The summed E-state index contributed by atoms with van der Waals surface area (Å²) in [5, 5.41) is 4.04. The monoisotopic (exact) mass is 235 g/mol. The van der Waals surface area contributed by atoms with Gasteiger partial charge in [0.05, 0.1) is 0 Å². The van der Waals surface area contributed by atoms with Crippen LogP contribution >= 0.6 is 0 Å². The molecule has 3 fully saturated rings. The molecule has 0 aromatic carbocycles. The summed E-state index contributed by atoms with van der Waals surface area (Å²) < 4.78 is 0. The Balaban J connectivity index is 1.73. The van der Waals surface area contributed by atoms with Gasteiger partial charge in [-0.3, -0.25) is 0 Å². The molecule has 1 nitrogen and oxygen atoms in total. The van der Waals surface area contributed by atoms with Gasteiger partial charge in [0.15, 0.2) is 0 Å². The average Bonchev–Trinajstić information content (AvgIpc) is 3.17. The van der Waals surface area contributed by atoms with E-state index >= 15 is 0 Å². The molecule has 0 amide bonds. The standard InChI is InChI=1S/C16H29N/c1-13-5-7-14(8-6-13)16(15-9-10-15)11-3-2-4-12-17-16/h13-15,17H,2-12H2,1H3. The molecular formula is C16H29N. The Morgan fingerprint density at radius 2 is 1.47 bits per heavy atom. The molecule has 1 heteroatoms. The van der Waals surface area contributed by atoms with Crippen LogP contribution in [0, 0.1) is 17.8 Å². The fourth-order valence-corrected chi connectivity index (χ4v) is 4.53. The van der Waals surface area contributed by atoms with Gasteiger partial charge in [0.25, 0.3) is 0 Å². The highest BCUT2D eigenvalue weighted by molar-refractivity contribution is 5.06. The lowest BCUT2D eigenvalue weighted by Crippen LogP contribution is -2.53. The van der Waals surface area contributed by atoms with Gasteiger partial charge in [-0.05, 0) is 62.8 Å². The van der Waals surface area contributed by atoms with E-state index < -0.39 is 0 Å². The van der Waals surface area contributed by atoms with Crippen LogP contribution in [0.2, 0.25) is 0 Å². The maximum absolute atomic E-state index is 4.04. The van der Waals surface area contributed by atoms with Crippen molar-refractivity contribution in [2.45, 2.75) is 76.7 Å². The molecule has 0 radical (unpaired) electrons. The van der Waals surface area contributed by atoms with Crippen molar-refractivity contribution in [1.29, 1.82) is 0 Å². The number of hydrogen-bond donors (Lipinski definition) is 1. The second-order valence-electron chi connectivity index (χ2n) is 7.01. The van der Waals surface area contributed by atoms with Gasteiger partial charge in [-0.15, -0.1) is 0 Å². The van der Waals surface area contributed by atoms with Crippen LogP contribution in [0.4, 0.5) is 0 Å². The normalized spacial score (nSPS) is 44.3. The molecule has 1 N–H and O–H groups in total. The molecule has 0 aromatic heterocycles. The first-order valence-electron chi connectivity index (χ1n) is 8.06. The zero-order chi connectivity index (χ0) is 11.7. The zero-order valence-corrected chi connectivity index (χ0v) is 11.5. The molecule has 0 spiro atoms. The van der Waals surface area contributed by atoms with E-state index in [1.165, 1.54) is 70.8 Å². The molecule has 17 heavy (non-hydrogen) atoms. The third-order valence-corrected chi connectivity index (χ3v) is 5.77. The van der Waals surface area contributed by atoms with Gasteiger partial charge < -0.3 is 5.32 Å². The minimum Gasteiger partial charge on any atom is -0.311 e. The van der Waals surface area contributed by atoms with Crippen molar-refractivity contribution >= 4 is 0 Å². The Morgan fingerprint density at radius 3 is 2.12 bits per heavy atom. The Labute approximate surface area is 107 Å². The van der Waals surface area contributed by atoms with Gasteiger partial charge >= 0.3 is 0 Å². The van der Waals surface area contributed by atoms with Crippen molar-refractivity contribution < 1.29 is 0 Å². The van der Waals surface area contributed by atoms with E-state index in [0.717, 1.165) is 17.8 Å². The van der Waals surface area contributed by atoms with Gasteiger partial charge in [-0.25, -0.2) is 0 Å². The molecule has 2 saturated carbocycles. The Kier molecular flexibility index (Phi) is 3.47. The third-order valence-electron chi connectivity index (χ3n) is 5.77. The maximum atomic E-state index is 4.04. The van der Waals surface area contributed by atoms with E-state index in [-0.39, 0.29) is 0 Å². The Bertz CT molecular complexity index is 240. The maximum Gasteiger partial charge on any atom is 0.0237 e. The second kappa shape index (κ2) is 4.91. The van der Waals surface area contributed by atoms with Crippen LogP contribution in [0.25, 0.3) is 0 Å². The molecule has 1 atom stereocenters. The minimum atomic E-state index is 0.580. The Morgan fingerprint density at radius 1 is 0.824 bits per heavy atom. The van der Waals surface area contributed by atoms with Crippen LogP contribution in [-0.2, 0) is 0 Å². The SMILES string of the molecule is CC1CCC(C2(C3CC3)CCCCCN2)CC1. The van der Waals surface area contributed by atoms with Crippen LogP contribution in [-0.4, -0.2) is 12.1 Å². The fraction of sp³-hybridized carbons (Fsp3) is 1.00. The summed E-state index contributed by atoms with van der Waals surface area (Å²) in [6, 6.07) is 0. The van der Waals surface area contributed by atoms with Crippen molar-refractivity contribution in [3.05, 3.63) is 0 Å². The lowest BCUT2D eigenvalue weighted by molar-refractivity contribution is 0.114. The first-order chi connectivity index (χ1) is 8.31. The molecule has 1 aliphatic heterocycles. The van der Waals surface area contributed by atoms with Crippen molar-refractivity contribution in [1.82, 2.24) is 5.32 Å². The molecule has 1 heterocycles. The van der Waals surface area contributed by atoms with Crippen LogP contribution in [0.1, 0.15) is 71.1 Å². The van der Waals surface area contributed by atoms with Crippen molar-refractivity contribution in [3.8, 4) is 0 Å². The predicted octanol–water partition coefficient (Wildman–Crippen LogP) is 4.13. The number of rotatable bonds is 2. The fourth-order valence-electron chi connectivity index (χ4n) is 4.53. The van der Waals surface area contributed by atoms with Crippen molar-refractivity contribution in [2.24, 2.45) is 17.8 Å².